The van der Waals surface area contributed by atoms with Crippen molar-refractivity contribution >= 4 is 41.3 Å². The second-order valence-corrected chi connectivity index (χ2v) is 0.862. The second kappa shape index (κ2) is 8.03. The molecular formula is C3H5FNaO4. The van der Waals surface area contributed by atoms with Crippen molar-refractivity contribution < 1.29 is 24.6 Å². The molecule has 49 valence electrons. The quantitative estimate of drug-likeness (QED) is 0.377. The molecule has 0 amide bonds. The molecule has 0 saturated carbocycles. The van der Waals surface area contributed by atoms with E-state index in [1.165, 1.54) is 0 Å². The molecule has 0 fully saturated rings. The Balaban J connectivity index is -0.000000180. The predicted octanol–water partition coefficient (Wildman–Crippen LogP) is -1.60. The Morgan fingerprint density at radius 2 is 1.78 bits per heavy atom. The van der Waals surface area contributed by atoms with Crippen molar-refractivity contribution in [2.45, 2.75) is 0 Å². The van der Waals surface area contributed by atoms with Gasteiger partial charge in [-0.05, 0) is 0 Å². The van der Waals surface area contributed by atoms with Gasteiger partial charge in [-0.1, -0.05) is 0 Å². The van der Waals surface area contributed by atoms with Crippen molar-refractivity contribution in [1.29, 1.82) is 0 Å². The van der Waals surface area contributed by atoms with Crippen LogP contribution in [0.3, 0.4) is 0 Å². The molecule has 0 atom stereocenters. The van der Waals surface area contributed by atoms with Crippen molar-refractivity contribution in [1.82, 2.24) is 0 Å². The van der Waals surface area contributed by atoms with Crippen molar-refractivity contribution in [2.75, 3.05) is 6.67 Å². The van der Waals surface area contributed by atoms with Crippen LogP contribution in [0.2, 0.25) is 0 Å². The smallest absolute Gasteiger partial charge is 0.375 e. The summed E-state index contributed by atoms with van der Waals surface area (Å²) in [7, 11) is 0. The Kier molecular flexibility index (Phi) is 14.3. The van der Waals surface area contributed by atoms with E-state index in [-0.39, 0.29) is 35.0 Å². The van der Waals surface area contributed by atoms with E-state index in [0.29, 0.717) is 0 Å². The van der Waals surface area contributed by atoms with E-state index in [1.807, 2.05) is 0 Å². The molecule has 3 N–H and O–H groups in total. The van der Waals surface area contributed by atoms with Gasteiger partial charge in [0, 0.05) is 29.6 Å². The zero-order valence-electron chi connectivity index (χ0n) is 4.85. The molecule has 6 heteroatoms. The molecule has 0 aromatic heterocycles. The Morgan fingerprint density at radius 3 is 1.78 bits per heavy atom. The summed E-state index contributed by atoms with van der Waals surface area (Å²) in [6.07, 6.45) is 0. The van der Waals surface area contributed by atoms with Crippen LogP contribution < -0.4 is 0 Å². The van der Waals surface area contributed by atoms with Crippen molar-refractivity contribution in [3.63, 3.8) is 0 Å². The summed E-state index contributed by atoms with van der Waals surface area (Å²) < 4.78 is 10.9. The fraction of sp³-hybridized carbons (Fsp3) is 0.333. The minimum Gasteiger partial charge on any atom is -0.475 e. The Bertz CT molecular complexity index is 104. The Morgan fingerprint density at radius 1 is 1.44 bits per heavy atom. The molecule has 0 unspecified atom stereocenters. The first-order chi connectivity index (χ1) is 3.18. The largest absolute Gasteiger partial charge is 0.475 e. The number of halogens is 1. The Labute approximate surface area is 72.6 Å². The maximum Gasteiger partial charge on any atom is 0.375 e. The number of carboxylic acids is 1. The molecule has 0 rings (SSSR count). The van der Waals surface area contributed by atoms with Crippen LogP contribution in [0, 0.1) is 0 Å². The van der Waals surface area contributed by atoms with Crippen LogP contribution in [0.1, 0.15) is 0 Å². The van der Waals surface area contributed by atoms with Crippen LogP contribution in [0.5, 0.6) is 0 Å². The van der Waals surface area contributed by atoms with Gasteiger partial charge >= 0.3 is 5.97 Å². The zero-order valence-corrected chi connectivity index (χ0v) is 6.85. The first-order valence-electron chi connectivity index (χ1n) is 1.50. The van der Waals surface area contributed by atoms with Gasteiger partial charge < -0.3 is 10.6 Å². The first kappa shape index (κ1) is 16.0. The molecule has 0 aromatic rings. The van der Waals surface area contributed by atoms with Crippen LogP contribution in [0.4, 0.5) is 4.39 Å². The number of carboxylic acid groups (broad SMARTS) is 1. The van der Waals surface area contributed by atoms with Gasteiger partial charge in [0.1, 0.15) is 0 Å². The van der Waals surface area contributed by atoms with Crippen LogP contribution in [0.25, 0.3) is 0 Å². The molecule has 0 spiro atoms. The number of carbonyl (C=O) groups excluding carboxylic acids is 1. The van der Waals surface area contributed by atoms with Gasteiger partial charge in [-0.25, -0.2) is 9.18 Å². The summed E-state index contributed by atoms with van der Waals surface area (Å²) >= 11 is 0. The minimum absolute atomic E-state index is 0. The summed E-state index contributed by atoms with van der Waals surface area (Å²) in [5.74, 6) is -3.12. The number of hydrogen-bond acceptors (Lipinski definition) is 2. The Hall–Kier alpha value is 0.0300. The third-order valence-electron chi connectivity index (χ3n) is 0.360. The summed E-state index contributed by atoms with van der Waals surface area (Å²) in [6, 6.07) is 0. The van der Waals surface area contributed by atoms with Gasteiger partial charge in [0.15, 0.2) is 6.67 Å². The van der Waals surface area contributed by atoms with Crippen molar-refractivity contribution in [3.8, 4) is 0 Å². The van der Waals surface area contributed by atoms with Gasteiger partial charge in [-0.3, -0.25) is 4.79 Å². The van der Waals surface area contributed by atoms with Crippen molar-refractivity contribution in [2.24, 2.45) is 0 Å². The van der Waals surface area contributed by atoms with E-state index in [0.717, 1.165) is 0 Å². The predicted molar refractivity (Wildman–Crippen MR) is 28.0 cm³/mol. The molecule has 4 nitrogen and oxygen atoms in total. The third kappa shape index (κ3) is 8.03. The topological polar surface area (TPSA) is 85.9 Å². The number of ketones is 1. The van der Waals surface area contributed by atoms with Crippen LogP contribution in [0.15, 0.2) is 0 Å². The van der Waals surface area contributed by atoms with Gasteiger partial charge in [-0.15, -0.1) is 0 Å². The van der Waals surface area contributed by atoms with Crippen LogP contribution >= 0.6 is 0 Å². The number of rotatable bonds is 2. The molecule has 0 bridgehead atoms. The second-order valence-electron chi connectivity index (χ2n) is 0.862. The summed E-state index contributed by atoms with van der Waals surface area (Å²) in [5, 5.41) is 7.59. The molecule has 0 aliphatic heterocycles. The summed E-state index contributed by atoms with van der Waals surface area (Å²) in [6.45, 7) is -1.42. The molecule has 0 saturated heterocycles. The minimum atomic E-state index is -1.72. The number of alkyl halides is 1. The van der Waals surface area contributed by atoms with Gasteiger partial charge in [0.2, 0.25) is 0 Å². The van der Waals surface area contributed by atoms with E-state index in [2.05, 4.69) is 0 Å². The monoisotopic (exact) mass is 147 g/mol. The fourth-order valence-electron chi connectivity index (χ4n) is 0.0572. The maximum absolute atomic E-state index is 10.9. The van der Waals surface area contributed by atoms with Crippen molar-refractivity contribution in [3.05, 3.63) is 0 Å². The van der Waals surface area contributed by atoms with E-state index in [1.54, 1.807) is 0 Å². The summed E-state index contributed by atoms with van der Waals surface area (Å²) in [4.78, 5) is 18.9. The SMILES string of the molecule is O.O=C(O)C(=O)CF.[Na]. The molecular weight excluding hydrogens is 142 g/mol. The normalized spacial score (nSPS) is 6.33. The molecule has 0 heterocycles. The number of carbonyl (C=O) groups is 2. The fourth-order valence-corrected chi connectivity index (χ4v) is 0.0572. The zero-order chi connectivity index (χ0) is 5.86. The standard InChI is InChI=1S/C3H3FO3.Na.H2O/c4-1-2(5)3(6)7;;/h1H2,(H,6,7);;1H2. The first-order valence-corrected chi connectivity index (χ1v) is 1.50. The van der Waals surface area contributed by atoms with Gasteiger partial charge in [0.05, 0.1) is 0 Å². The molecule has 0 aliphatic rings. The van der Waals surface area contributed by atoms with E-state index >= 15 is 0 Å². The average Bonchev–Trinajstić information content (AvgIpc) is 1.65. The number of hydrogen-bond donors (Lipinski definition) is 1. The van der Waals surface area contributed by atoms with Crippen LogP contribution in [-0.2, 0) is 9.59 Å². The molecule has 1 radical (unpaired) electrons. The number of Topliss-reactive ketones (excluding diaryl/α,β-unsaturated/α-hetero) is 1. The third-order valence-corrected chi connectivity index (χ3v) is 0.360. The van der Waals surface area contributed by atoms with E-state index in [9.17, 15) is 14.0 Å². The average molecular weight is 147 g/mol. The molecule has 0 aliphatic carbocycles. The number of aliphatic carboxylic acids is 1. The van der Waals surface area contributed by atoms with Gasteiger partial charge in [0.25, 0.3) is 5.78 Å². The van der Waals surface area contributed by atoms with Gasteiger partial charge in [-0.2, -0.15) is 0 Å². The van der Waals surface area contributed by atoms with E-state index < -0.39 is 18.4 Å². The summed E-state index contributed by atoms with van der Waals surface area (Å²) in [5.41, 5.74) is 0. The molecule has 9 heavy (non-hydrogen) atoms. The van der Waals surface area contributed by atoms with E-state index in [4.69, 9.17) is 5.11 Å². The maximum atomic E-state index is 10.9. The molecule has 0 aromatic carbocycles. The van der Waals surface area contributed by atoms with Crippen LogP contribution in [-0.4, -0.2) is 58.6 Å².